The average molecular weight is 584 g/mol. The van der Waals surface area contributed by atoms with Gasteiger partial charge in [-0.05, 0) is 73.3 Å². The van der Waals surface area contributed by atoms with E-state index in [0.717, 1.165) is 66.9 Å². The van der Waals surface area contributed by atoms with Gasteiger partial charge in [0.1, 0.15) is 17.8 Å². The van der Waals surface area contributed by atoms with Gasteiger partial charge in [-0.1, -0.05) is 12.1 Å². The van der Waals surface area contributed by atoms with Crippen LogP contribution in [0.3, 0.4) is 0 Å². The summed E-state index contributed by atoms with van der Waals surface area (Å²) >= 11 is 0. The molecule has 0 N–H and O–H groups in total. The van der Waals surface area contributed by atoms with Crippen molar-refractivity contribution in [1.29, 1.82) is 0 Å². The highest BCUT2D eigenvalue weighted by atomic mass is 19.4. The minimum absolute atomic E-state index is 0.155. The van der Waals surface area contributed by atoms with Crippen molar-refractivity contribution in [2.45, 2.75) is 44.2 Å². The molecule has 1 aliphatic heterocycles. The molecular formula is C31H32F3N3O5. The quantitative estimate of drug-likeness (QED) is 0.213. The Hall–Kier alpha value is -4.15. The van der Waals surface area contributed by atoms with Crippen LogP contribution in [0, 0.1) is 11.8 Å². The Kier molecular flexibility index (Phi) is 8.94. The fourth-order valence-electron chi connectivity index (χ4n) is 5.41. The molecule has 1 atom stereocenters. The topological polar surface area (TPSA) is 90.9 Å². The summed E-state index contributed by atoms with van der Waals surface area (Å²) in [5.41, 5.74) is 3.83. The third kappa shape index (κ3) is 7.37. The molecule has 0 bridgehead atoms. The SMILES string of the molecule is COc1ccc(-c2cncnc2)c(N2CCC(COc3cccc([C@@H](CC(=O)OC(=O)C(F)(F)F)C4CC4)c3)CC2)c1. The summed E-state index contributed by atoms with van der Waals surface area (Å²) in [6.07, 6.45) is 3.17. The Morgan fingerprint density at radius 3 is 2.40 bits per heavy atom. The molecule has 0 radical (unpaired) electrons. The maximum absolute atomic E-state index is 12.5. The summed E-state index contributed by atoms with van der Waals surface area (Å²) in [4.78, 5) is 33.9. The molecule has 2 aliphatic rings. The first-order valence-corrected chi connectivity index (χ1v) is 13.9. The molecule has 1 saturated carbocycles. The van der Waals surface area contributed by atoms with Crippen molar-refractivity contribution >= 4 is 17.6 Å². The molecule has 42 heavy (non-hydrogen) atoms. The predicted molar refractivity (Wildman–Crippen MR) is 148 cm³/mol. The van der Waals surface area contributed by atoms with Crippen LogP contribution < -0.4 is 14.4 Å². The molecule has 3 aromatic rings. The van der Waals surface area contributed by atoms with Crippen LogP contribution in [0.15, 0.2) is 61.2 Å². The van der Waals surface area contributed by atoms with Gasteiger partial charge in [-0.3, -0.25) is 4.79 Å². The molecule has 11 heteroatoms. The van der Waals surface area contributed by atoms with E-state index in [4.69, 9.17) is 9.47 Å². The van der Waals surface area contributed by atoms with Crippen molar-refractivity contribution < 1.29 is 37.0 Å². The van der Waals surface area contributed by atoms with E-state index in [-0.39, 0.29) is 18.3 Å². The number of carbonyl (C=O) groups is 2. The van der Waals surface area contributed by atoms with E-state index in [2.05, 4.69) is 19.6 Å². The number of alkyl halides is 3. The Balaban J connectivity index is 1.18. The molecular weight excluding hydrogens is 551 g/mol. The number of esters is 2. The van der Waals surface area contributed by atoms with Crippen LogP contribution in [0.5, 0.6) is 11.5 Å². The first kappa shape index (κ1) is 29.3. The number of benzene rings is 2. The van der Waals surface area contributed by atoms with Crippen LogP contribution in [0.2, 0.25) is 0 Å². The summed E-state index contributed by atoms with van der Waals surface area (Å²) in [5.74, 6) is -2.09. The summed E-state index contributed by atoms with van der Waals surface area (Å²) < 4.78 is 53.2. The molecule has 2 fully saturated rings. The molecule has 2 aromatic carbocycles. The summed E-state index contributed by atoms with van der Waals surface area (Å²) in [6.45, 7) is 2.19. The Morgan fingerprint density at radius 1 is 1.00 bits per heavy atom. The van der Waals surface area contributed by atoms with Gasteiger partial charge in [-0.2, -0.15) is 13.2 Å². The minimum atomic E-state index is -5.21. The summed E-state index contributed by atoms with van der Waals surface area (Å²) in [7, 11) is 1.65. The van der Waals surface area contributed by atoms with Gasteiger partial charge in [0.2, 0.25) is 0 Å². The monoisotopic (exact) mass is 583 g/mol. The lowest BCUT2D eigenvalue weighted by atomic mass is 9.91. The number of carbonyl (C=O) groups excluding carboxylic acids is 2. The zero-order valence-corrected chi connectivity index (χ0v) is 23.2. The highest BCUT2D eigenvalue weighted by molar-refractivity contribution is 5.88. The van der Waals surface area contributed by atoms with Gasteiger partial charge in [0.15, 0.2) is 0 Å². The van der Waals surface area contributed by atoms with Gasteiger partial charge < -0.3 is 19.1 Å². The van der Waals surface area contributed by atoms with Crippen LogP contribution in [0.1, 0.15) is 43.6 Å². The molecule has 1 aromatic heterocycles. The summed E-state index contributed by atoms with van der Waals surface area (Å²) in [6, 6.07) is 13.3. The van der Waals surface area contributed by atoms with Crippen molar-refractivity contribution in [2.75, 3.05) is 31.7 Å². The zero-order valence-electron chi connectivity index (χ0n) is 23.2. The average Bonchev–Trinajstić information content (AvgIpc) is 3.84. The lowest BCUT2D eigenvalue weighted by Crippen LogP contribution is -2.35. The second kappa shape index (κ2) is 12.8. The third-order valence-corrected chi connectivity index (χ3v) is 7.82. The van der Waals surface area contributed by atoms with Gasteiger partial charge in [0.25, 0.3) is 0 Å². The lowest BCUT2D eigenvalue weighted by molar-refractivity contribution is -0.202. The van der Waals surface area contributed by atoms with Crippen LogP contribution in [0.4, 0.5) is 18.9 Å². The van der Waals surface area contributed by atoms with Crippen molar-refractivity contribution in [3.05, 3.63) is 66.7 Å². The first-order valence-electron chi connectivity index (χ1n) is 13.9. The van der Waals surface area contributed by atoms with Crippen LogP contribution in [-0.4, -0.2) is 54.9 Å². The van der Waals surface area contributed by atoms with Gasteiger partial charge in [0, 0.05) is 48.4 Å². The van der Waals surface area contributed by atoms with Crippen molar-refractivity contribution in [1.82, 2.24) is 9.97 Å². The standard InChI is InChI=1S/C31H32F3N3O5/c1-40-24-7-8-26(23-16-35-19-36-17-23)28(14-24)37-11-9-20(10-12-37)18-41-25-4-2-3-22(13-25)27(21-5-6-21)15-29(38)42-30(39)31(32,33)34/h2-4,7-8,13-14,16-17,19-21,27H,5-6,9-12,15,18H2,1H3/t27-/m0/s1. The summed E-state index contributed by atoms with van der Waals surface area (Å²) in [5, 5.41) is 0. The normalized spacial score (nSPS) is 16.5. The number of halogens is 3. The number of anilines is 1. The van der Waals surface area contributed by atoms with Crippen LogP contribution in [-0.2, 0) is 14.3 Å². The zero-order chi connectivity index (χ0) is 29.7. The van der Waals surface area contributed by atoms with E-state index in [1.54, 1.807) is 19.5 Å². The van der Waals surface area contributed by atoms with E-state index in [0.29, 0.717) is 18.3 Å². The maximum atomic E-state index is 12.5. The molecule has 0 unspecified atom stereocenters. The van der Waals surface area contributed by atoms with Gasteiger partial charge in [-0.25, -0.2) is 14.8 Å². The Labute approximate surface area is 241 Å². The number of rotatable bonds is 10. The molecule has 5 rings (SSSR count). The van der Waals surface area contributed by atoms with E-state index < -0.39 is 18.1 Å². The molecule has 1 aliphatic carbocycles. The highest BCUT2D eigenvalue weighted by Gasteiger charge is 2.43. The third-order valence-electron chi connectivity index (χ3n) is 7.82. The number of methoxy groups -OCH3 is 1. The predicted octanol–water partition coefficient (Wildman–Crippen LogP) is 5.96. The van der Waals surface area contributed by atoms with E-state index in [1.165, 1.54) is 6.33 Å². The van der Waals surface area contributed by atoms with Gasteiger partial charge in [-0.15, -0.1) is 0 Å². The van der Waals surface area contributed by atoms with Crippen LogP contribution in [0.25, 0.3) is 11.1 Å². The van der Waals surface area contributed by atoms with E-state index in [9.17, 15) is 22.8 Å². The Morgan fingerprint density at radius 2 is 1.74 bits per heavy atom. The van der Waals surface area contributed by atoms with Gasteiger partial charge in [0.05, 0.1) is 20.1 Å². The second-order valence-corrected chi connectivity index (χ2v) is 10.7. The van der Waals surface area contributed by atoms with Gasteiger partial charge >= 0.3 is 18.1 Å². The number of ether oxygens (including phenoxy) is 3. The minimum Gasteiger partial charge on any atom is -0.497 e. The van der Waals surface area contributed by atoms with Crippen molar-refractivity contribution in [3.63, 3.8) is 0 Å². The molecule has 1 saturated heterocycles. The van der Waals surface area contributed by atoms with Crippen LogP contribution >= 0.6 is 0 Å². The number of piperidine rings is 1. The molecule has 2 heterocycles. The molecule has 8 nitrogen and oxygen atoms in total. The first-order chi connectivity index (χ1) is 20.2. The van der Waals surface area contributed by atoms with Crippen molar-refractivity contribution in [3.8, 4) is 22.6 Å². The highest BCUT2D eigenvalue weighted by Crippen LogP contribution is 2.45. The van der Waals surface area contributed by atoms with E-state index in [1.807, 2.05) is 42.5 Å². The Bertz CT molecular complexity index is 1390. The molecule has 0 spiro atoms. The number of hydrogen-bond donors (Lipinski definition) is 0. The number of hydrogen-bond acceptors (Lipinski definition) is 8. The lowest BCUT2D eigenvalue weighted by Gasteiger charge is -2.35. The van der Waals surface area contributed by atoms with E-state index >= 15 is 0 Å². The molecule has 0 amide bonds. The fraction of sp³-hybridized carbons (Fsp3) is 0.419. The molecule has 222 valence electrons. The number of nitrogens with zero attached hydrogens (tertiary/aromatic N) is 3. The smallest absolute Gasteiger partial charge is 0.491 e. The van der Waals surface area contributed by atoms with Crippen molar-refractivity contribution in [2.24, 2.45) is 11.8 Å². The fourth-order valence-corrected chi connectivity index (χ4v) is 5.41. The second-order valence-electron chi connectivity index (χ2n) is 10.7. The number of aromatic nitrogens is 2. The maximum Gasteiger partial charge on any atom is 0.491 e. The largest absolute Gasteiger partial charge is 0.497 e.